The maximum Gasteiger partial charge on any atom is 0.307 e. The SMILES string of the molecule is C[C@H](NC(=O)[C@@H]1CCC[C@@H]1C(=O)O)c1ccccc1Cl. The molecule has 4 nitrogen and oxygen atoms in total. The number of hydrogen-bond acceptors (Lipinski definition) is 2. The smallest absolute Gasteiger partial charge is 0.307 e. The number of carboxylic acids is 1. The van der Waals surface area contributed by atoms with Gasteiger partial charge in [-0.3, -0.25) is 9.59 Å². The Labute approximate surface area is 123 Å². The van der Waals surface area contributed by atoms with Gasteiger partial charge in [0.25, 0.3) is 0 Å². The van der Waals surface area contributed by atoms with Crippen molar-refractivity contribution in [2.75, 3.05) is 0 Å². The number of halogens is 1. The van der Waals surface area contributed by atoms with Crippen LogP contribution in [-0.2, 0) is 9.59 Å². The summed E-state index contributed by atoms with van der Waals surface area (Å²) in [5.74, 6) is -2.07. The highest BCUT2D eigenvalue weighted by Gasteiger charge is 2.38. The first-order valence-electron chi connectivity index (χ1n) is 6.78. The van der Waals surface area contributed by atoms with E-state index in [9.17, 15) is 9.59 Å². The lowest BCUT2D eigenvalue weighted by molar-refractivity contribution is -0.146. The van der Waals surface area contributed by atoms with E-state index >= 15 is 0 Å². The maximum absolute atomic E-state index is 12.2. The number of benzene rings is 1. The van der Waals surface area contributed by atoms with Gasteiger partial charge in [-0.25, -0.2) is 0 Å². The number of carbonyl (C=O) groups excluding carboxylic acids is 1. The van der Waals surface area contributed by atoms with Crippen LogP contribution in [0.25, 0.3) is 0 Å². The second-order valence-electron chi connectivity index (χ2n) is 5.23. The average Bonchev–Trinajstić information content (AvgIpc) is 2.88. The van der Waals surface area contributed by atoms with E-state index in [0.717, 1.165) is 12.0 Å². The molecule has 0 aliphatic heterocycles. The van der Waals surface area contributed by atoms with Crippen LogP contribution in [0.2, 0.25) is 5.02 Å². The molecule has 2 N–H and O–H groups in total. The van der Waals surface area contributed by atoms with Crippen molar-refractivity contribution in [2.24, 2.45) is 11.8 Å². The molecule has 0 saturated heterocycles. The molecular weight excluding hydrogens is 278 g/mol. The van der Waals surface area contributed by atoms with Crippen molar-refractivity contribution in [1.82, 2.24) is 5.32 Å². The van der Waals surface area contributed by atoms with Crippen molar-refractivity contribution in [3.63, 3.8) is 0 Å². The van der Waals surface area contributed by atoms with Gasteiger partial charge in [0.05, 0.1) is 17.9 Å². The lowest BCUT2D eigenvalue weighted by Gasteiger charge is -2.20. The van der Waals surface area contributed by atoms with E-state index < -0.39 is 17.8 Å². The molecule has 20 heavy (non-hydrogen) atoms. The quantitative estimate of drug-likeness (QED) is 0.897. The molecule has 1 aromatic rings. The lowest BCUT2D eigenvalue weighted by atomic mass is 9.94. The van der Waals surface area contributed by atoms with Crippen LogP contribution in [0.5, 0.6) is 0 Å². The van der Waals surface area contributed by atoms with E-state index in [1.165, 1.54) is 0 Å². The Balaban J connectivity index is 2.04. The molecule has 5 heteroatoms. The summed E-state index contributed by atoms with van der Waals surface area (Å²) in [6.45, 7) is 1.85. The average molecular weight is 296 g/mol. The predicted octanol–water partition coefficient (Wildman–Crippen LogP) is 3.02. The first-order chi connectivity index (χ1) is 9.50. The molecule has 1 aliphatic carbocycles. The van der Waals surface area contributed by atoms with E-state index in [0.29, 0.717) is 17.9 Å². The molecule has 1 aromatic carbocycles. The van der Waals surface area contributed by atoms with Crippen LogP contribution in [0.3, 0.4) is 0 Å². The van der Waals surface area contributed by atoms with Crippen LogP contribution in [0.15, 0.2) is 24.3 Å². The predicted molar refractivity (Wildman–Crippen MR) is 76.5 cm³/mol. The van der Waals surface area contributed by atoms with Gasteiger partial charge in [-0.05, 0) is 31.4 Å². The summed E-state index contributed by atoms with van der Waals surface area (Å²) < 4.78 is 0. The fourth-order valence-corrected chi connectivity index (χ4v) is 3.09. The van der Waals surface area contributed by atoms with Crippen molar-refractivity contribution in [2.45, 2.75) is 32.2 Å². The summed E-state index contributed by atoms with van der Waals surface area (Å²) in [6.07, 6.45) is 2.00. The maximum atomic E-state index is 12.2. The Bertz CT molecular complexity index is 518. The zero-order valence-corrected chi connectivity index (χ0v) is 12.1. The third kappa shape index (κ3) is 3.12. The summed E-state index contributed by atoms with van der Waals surface area (Å²) in [7, 11) is 0. The summed E-state index contributed by atoms with van der Waals surface area (Å²) in [6, 6.07) is 7.09. The fourth-order valence-electron chi connectivity index (χ4n) is 2.79. The highest BCUT2D eigenvalue weighted by molar-refractivity contribution is 6.31. The van der Waals surface area contributed by atoms with Crippen molar-refractivity contribution < 1.29 is 14.7 Å². The van der Waals surface area contributed by atoms with Crippen LogP contribution in [-0.4, -0.2) is 17.0 Å². The molecule has 1 fully saturated rings. The zero-order valence-electron chi connectivity index (χ0n) is 11.3. The number of aliphatic carboxylic acids is 1. The van der Waals surface area contributed by atoms with Gasteiger partial charge in [0.15, 0.2) is 0 Å². The van der Waals surface area contributed by atoms with Crippen LogP contribution >= 0.6 is 11.6 Å². The second-order valence-corrected chi connectivity index (χ2v) is 5.64. The number of nitrogens with one attached hydrogen (secondary N) is 1. The summed E-state index contributed by atoms with van der Waals surface area (Å²) in [5.41, 5.74) is 0.840. The minimum Gasteiger partial charge on any atom is -0.481 e. The molecule has 2 rings (SSSR count). The summed E-state index contributed by atoms with van der Waals surface area (Å²) in [4.78, 5) is 23.4. The van der Waals surface area contributed by atoms with E-state index in [1.807, 2.05) is 25.1 Å². The topological polar surface area (TPSA) is 66.4 Å². The fraction of sp³-hybridized carbons (Fsp3) is 0.467. The zero-order chi connectivity index (χ0) is 14.7. The van der Waals surface area contributed by atoms with Crippen molar-refractivity contribution in [3.05, 3.63) is 34.9 Å². The molecule has 0 spiro atoms. The lowest BCUT2D eigenvalue weighted by Crippen LogP contribution is -2.36. The van der Waals surface area contributed by atoms with Crippen LogP contribution in [0.1, 0.15) is 37.8 Å². The molecule has 1 saturated carbocycles. The van der Waals surface area contributed by atoms with Crippen molar-refractivity contribution in [1.29, 1.82) is 0 Å². The van der Waals surface area contributed by atoms with Crippen LogP contribution < -0.4 is 5.32 Å². The number of rotatable bonds is 4. The van der Waals surface area contributed by atoms with Gasteiger partial charge < -0.3 is 10.4 Å². The monoisotopic (exact) mass is 295 g/mol. The molecule has 108 valence electrons. The number of carboxylic acid groups (broad SMARTS) is 1. The third-order valence-electron chi connectivity index (χ3n) is 3.90. The van der Waals surface area contributed by atoms with E-state index in [4.69, 9.17) is 16.7 Å². The standard InChI is InChI=1S/C15H18ClNO3/c1-9(10-5-2-3-8-13(10)16)17-14(18)11-6-4-7-12(11)15(19)20/h2-3,5,8-9,11-12H,4,6-7H2,1H3,(H,17,18)(H,19,20)/t9-,11+,12-/m0/s1. The van der Waals surface area contributed by atoms with Crippen LogP contribution in [0, 0.1) is 11.8 Å². The highest BCUT2D eigenvalue weighted by Crippen LogP contribution is 2.33. The van der Waals surface area contributed by atoms with Gasteiger partial charge in [-0.2, -0.15) is 0 Å². The van der Waals surface area contributed by atoms with Gasteiger partial charge in [-0.15, -0.1) is 0 Å². The second kappa shape index (κ2) is 6.27. The van der Waals surface area contributed by atoms with E-state index in [1.54, 1.807) is 6.07 Å². The molecule has 0 aromatic heterocycles. The van der Waals surface area contributed by atoms with Gasteiger partial charge in [-0.1, -0.05) is 36.2 Å². The number of amides is 1. The normalized spacial score (nSPS) is 23.3. The molecule has 0 radical (unpaired) electrons. The first-order valence-corrected chi connectivity index (χ1v) is 7.16. The number of carbonyl (C=O) groups is 2. The molecular formula is C15H18ClNO3. The van der Waals surface area contributed by atoms with Gasteiger partial charge >= 0.3 is 5.97 Å². The molecule has 1 aliphatic rings. The summed E-state index contributed by atoms with van der Waals surface area (Å²) in [5, 5.41) is 12.6. The van der Waals surface area contributed by atoms with Gasteiger partial charge in [0, 0.05) is 5.02 Å². The Hall–Kier alpha value is -1.55. The Morgan fingerprint density at radius 2 is 1.95 bits per heavy atom. The third-order valence-corrected chi connectivity index (χ3v) is 4.24. The van der Waals surface area contributed by atoms with Crippen molar-refractivity contribution >= 4 is 23.5 Å². The molecule has 0 bridgehead atoms. The summed E-state index contributed by atoms with van der Waals surface area (Å²) >= 11 is 6.10. The first kappa shape index (κ1) is 14.9. The van der Waals surface area contributed by atoms with Gasteiger partial charge in [0.2, 0.25) is 5.91 Å². The van der Waals surface area contributed by atoms with E-state index in [2.05, 4.69) is 5.32 Å². The molecule has 0 unspecified atom stereocenters. The Morgan fingerprint density at radius 3 is 2.60 bits per heavy atom. The minimum atomic E-state index is -0.881. The Kier molecular flexibility index (Phi) is 4.65. The Morgan fingerprint density at radius 1 is 1.30 bits per heavy atom. The van der Waals surface area contributed by atoms with Crippen LogP contribution in [0.4, 0.5) is 0 Å². The van der Waals surface area contributed by atoms with Gasteiger partial charge in [0.1, 0.15) is 0 Å². The largest absolute Gasteiger partial charge is 0.481 e. The minimum absolute atomic E-state index is 0.192. The molecule has 0 heterocycles. The molecule has 1 amide bonds. The highest BCUT2D eigenvalue weighted by atomic mass is 35.5. The van der Waals surface area contributed by atoms with Crippen molar-refractivity contribution in [3.8, 4) is 0 Å². The number of hydrogen-bond donors (Lipinski definition) is 2. The molecule has 3 atom stereocenters. The van der Waals surface area contributed by atoms with E-state index in [-0.39, 0.29) is 11.9 Å².